The fourth-order valence-corrected chi connectivity index (χ4v) is 3.99. The lowest BCUT2D eigenvalue weighted by molar-refractivity contribution is -0.00177. The van der Waals surface area contributed by atoms with Gasteiger partial charge in [0, 0.05) is 24.2 Å². The number of nitrogens with one attached hydrogen (secondary N) is 2. The Balaban J connectivity index is 1.48. The van der Waals surface area contributed by atoms with E-state index in [2.05, 4.69) is 36.8 Å². The number of allylic oxidation sites excluding steroid dienone is 1. The Morgan fingerprint density at radius 3 is 2.74 bits per heavy atom. The molecule has 0 radical (unpaired) electrons. The molecule has 0 aliphatic carbocycles. The normalized spacial score (nSPS) is 13.7. The Hall–Kier alpha value is -4.95. The van der Waals surface area contributed by atoms with Gasteiger partial charge in [0.25, 0.3) is 5.91 Å². The number of fused-ring (bicyclic) bond motifs is 1. The van der Waals surface area contributed by atoms with Gasteiger partial charge >= 0.3 is 0 Å². The van der Waals surface area contributed by atoms with Gasteiger partial charge in [0.1, 0.15) is 18.1 Å². The van der Waals surface area contributed by atoms with Crippen molar-refractivity contribution in [2.24, 2.45) is 4.99 Å². The van der Waals surface area contributed by atoms with Crippen molar-refractivity contribution in [3.8, 4) is 17.5 Å². The zero-order valence-corrected chi connectivity index (χ0v) is 21.3. The largest absolute Gasteiger partial charge is 0.387 e. The molecule has 10 nitrogen and oxygen atoms in total. The number of aromatic nitrogens is 4. The van der Waals surface area contributed by atoms with Crippen molar-refractivity contribution < 1.29 is 14.3 Å². The number of amides is 1. The van der Waals surface area contributed by atoms with Gasteiger partial charge in [-0.15, -0.1) is 0 Å². The van der Waals surface area contributed by atoms with Crippen LogP contribution < -0.4 is 10.6 Å². The Kier molecular flexibility index (Phi) is 6.87. The van der Waals surface area contributed by atoms with Crippen molar-refractivity contribution in [2.45, 2.75) is 25.6 Å². The van der Waals surface area contributed by atoms with E-state index < -0.39 is 17.7 Å². The van der Waals surface area contributed by atoms with Gasteiger partial charge in [0.15, 0.2) is 0 Å². The quantitative estimate of drug-likeness (QED) is 0.319. The number of nitriles is 1. The van der Waals surface area contributed by atoms with Crippen LogP contribution in [0.25, 0.3) is 22.5 Å². The number of pyridine rings is 2. The number of hydrogen-bond donors (Lipinski definition) is 3. The van der Waals surface area contributed by atoms with Crippen LogP contribution in [-0.2, 0) is 0 Å². The summed E-state index contributed by atoms with van der Waals surface area (Å²) < 4.78 is 15.9. The van der Waals surface area contributed by atoms with E-state index in [0.717, 1.165) is 11.1 Å². The first-order chi connectivity index (χ1) is 18.7. The van der Waals surface area contributed by atoms with Crippen LogP contribution in [0, 0.1) is 11.3 Å². The summed E-state index contributed by atoms with van der Waals surface area (Å²) in [4.78, 5) is 26.2. The fraction of sp³-hybridized carbons (Fsp3) is 0.214. The molecule has 4 aromatic heterocycles. The Morgan fingerprint density at radius 2 is 2.05 bits per heavy atom. The number of hydrogen-bond acceptors (Lipinski definition) is 8. The minimum Gasteiger partial charge on any atom is -0.387 e. The number of halogens is 1. The molecule has 11 heteroatoms. The minimum absolute atomic E-state index is 0.166. The molecule has 0 unspecified atom stereocenters. The van der Waals surface area contributed by atoms with Crippen molar-refractivity contribution in [1.29, 1.82) is 5.26 Å². The SMILES string of the molecule is CC(C)(O)[C@H](F)CNC(=O)c1cnc(-c2ccc3cc(C#N)cnn23)cc1Nc1ccc(C2=CCN=C2)cn1. The second-order valence-electron chi connectivity index (χ2n) is 9.57. The predicted octanol–water partition coefficient (Wildman–Crippen LogP) is 3.71. The van der Waals surface area contributed by atoms with Gasteiger partial charge in [0.2, 0.25) is 0 Å². The second kappa shape index (κ2) is 10.4. The highest BCUT2D eigenvalue weighted by Crippen LogP contribution is 2.28. The summed E-state index contributed by atoms with van der Waals surface area (Å²) in [5.41, 5.74) is 3.15. The summed E-state index contributed by atoms with van der Waals surface area (Å²) >= 11 is 0. The Labute approximate surface area is 223 Å². The third kappa shape index (κ3) is 5.51. The lowest BCUT2D eigenvalue weighted by Gasteiger charge is -2.22. The second-order valence-corrected chi connectivity index (χ2v) is 9.57. The maximum absolute atomic E-state index is 14.3. The summed E-state index contributed by atoms with van der Waals surface area (Å²) in [6.07, 6.45) is 6.70. The van der Waals surface area contributed by atoms with Crippen LogP contribution in [0.1, 0.15) is 35.3 Å². The lowest BCUT2D eigenvalue weighted by atomic mass is 10.0. The van der Waals surface area contributed by atoms with Crippen LogP contribution in [0.2, 0.25) is 0 Å². The predicted molar refractivity (Wildman–Crippen MR) is 146 cm³/mol. The third-order valence-electron chi connectivity index (χ3n) is 6.26. The first-order valence-corrected chi connectivity index (χ1v) is 12.2. The summed E-state index contributed by atoms with van der Waals surface area (Å²) in [5.74, 6) is -0.0821. The number of aliphatic hydroxyl groups is 1. The van der Waals surface area contributed by atoms with Crippen LogP contribution >= 0.6 is 0 Å². The Morgan fingerprint density at radius 1 is 1.21 bits per heavy atom. The molecule has 196 valence electrons. The third-order valence-corrected chi connectivity index (χ3v) is 6.26. The summed E-state index contributed by atoms with van der Waals surface area (Å²) in [6.45, 7) is 2.94. The van der Waals surface area contributed by atoms with Gasteiger partial charge < -0.3 is 15.7 Å². The van der Waals surface area contributed by atoms with E-state index >= 15 is 0 Å². The molecular formula is C28H25FN8O2. The fourth-order valence-electron chi connectivity index (χ4n) is 3.99. The molecule has 1 aliphatic rings. The number of anilines is 2. The standard InChI is InChI=1S/C28H25FN8O2/c1-28(2,39)25(29)16-34-27(38)21-15-32-23(24-5-4-20-9-17(11-30)12-35-37(20)24)10-22(21)36-26-6-3-18(14-33-26)19-7-8-31-13-19/h3-7,9-10,12-15,25,39H,8,16H2,1-2H3,(H,34,38)(H,32,33,36)/t25-/m1/s1. The van der Waals surface area contributed by atoms with E-state index in [1.165, 1.54) is 26.2 Å². The van der Waals surface area contributed by atoms with Gasteiger partial charge in [-0.05, 0) is 55.8 Å². The summed E-state index contributed by atoms with van der Waals surface area (Å²) in [6, 6.07) is 12.8. The highest BCUT2D eigenvalue weighted by molar-refractivity contribution is 6.11. The number of aliphatic imine (C=N–C) groups is 1. The number of carbonyl (C=O) groups excluding carboxylic acids is 1. The smallest absolute Gasteiger partial charge is 0.255 e. The molecule has 0 aromatic carbocycles. The van der Waals surface area contributed by atoms with E-state index in [9.17, 15) is 19.6 Å². The van der Waals surface area contributed by atoms with Gasteiger partial charge in [0.05, 0.1) is 58.6 Å². The van der Waals surface area contributed by atoms with Crippen LogP contribution in [0.5, 0.6) is 0 Å². The number of rotatable bonds is 8. The monoisotopic (exact) mass is 524 g/mol. The Bertz CT molecular complexity index is 1650. The molecule has 5 heterocycles. The van der Waals surface area contributed by atoms with Crippen molar-refractivity contribution in [3.63, 3.8) is 0 Å². The maximum atomic E-state index is 14.3. The number of nitrogens with zero attached hydrogens (tertiary/aromatic N) is 6. The first-order valence-electron chi connectivity index (χ1n) is 12.2. The van der Waals surface area contributed by atoms with Crippen LogP contribution in [-0.4, -0.2) is 61.7 Å². The van der Waals surface area contributed by atoms with Crippen LogP contribution in [0.4, 0.5) is 15.9 Å². The van der Waals surface area contributed by atoms with Crippen molar-refractivity contribution in [1.82, 2.24) is 24.9 Å². The molecule has 1 aliphatic heterocycles. The van der Waals surface area contributed by atoms with Gasteiger partial charge in [-0.1, -0.05) is 6.08 Å². The highest BCUT2D eigenvalue weighted by atomic mass is 19.1. The zero-order valence-electron chi connectivity index (χ0n) is 21.3. The summed E-state index contributed by atoms with van der Waals surface area (Å²) in [5, 5.41) is 29.1. The van der Waals surface area contributed by atoms with Crippen molar-refractivity contribution >= 4 is 34.7 Å². The molecule has 4 aromatic rings. The molecule has 0 saturated heterocycles. The molecular weight excluding hydrogens is 499 g/mol. The van der Waals surface area contributed by atoms with Crippen molar-refractivity contribution in [3.05, 3.63) is 77.8 Å². The van der Waals surface area contributed by atoms with E-state index in [0.29, 0.717) is 40.5 Å². The average molecular weight is 525 g/mol. The molecule has 39 heavy (non-hydrogen) atoms. The van der Waals surface area contributed by atoms with Gasteiger partial charge in [-0.2, -0.15) is 10.4 Å². The molecule has 0 saturated carbocycles. The molecule has 0 fully saturated rings. The van der Waals surface area contributed by atoms with Crippen LogP contribution in [0.15, 0.2) is 66.1 Å². The van der Waals surface area contributed by atoms with Gasteiger partial charge in [-0.25, -0.2) is 13.9 Å². The molecule has 1 amide bonds. The van der Waals surface area contributed by atoms with Crippen molar-refractivity contribution in [2.75, 3.05) is 18.4 Å². The van der Waals surface area contributed by atoms with E-state index in [1.807, 2.05) is 24.3 Å². The molecule has 3 N–H and O–H groups in total. The first kappa shape index (κ1) is 25.7. The van der Waals surface area contributed by atoms with E-state index in [1.54, 1.807) is 35.1 Å². The van der Waals surface area contributed by atoms with Gasteiger partial charge in [-0.3, -0.25) is 14.8 Å². The molecule has 0 bridgehead atoms. The van der Waals surface area contributed by atoms with Crippen LogP contribution in [0.3, 0.4) is 0 Å². The topological polar surface area (TPSA) is 141 Å². The van der Waals surface area contributed by atoms with E-state index in [4.69, 9.17) is 0 Å². The maximum Gasteiger partial charge on any atom is 0.255 e. The number of carbonyl (C=O) groups is 1. The molecule has 5 rings (SSSR count). The van der Waals surface area contributed by atoms with E-state index in [-0.39, 0.29) is 12.1 Å². The number of alkyl halides is 1. The zero-order chi connectivity index (χ0) is 27.6. The summed E-state index contributed by atoms with van der Waals surface area (Å²) in [7, 11) is 0. The molecule has 1 atom stereocenters. The average Bonchev–Trinajstić information content (AvgIpc) is 3.61. The minimum atomic E-state index is -1.66. The molecule has 0 spiro atoms. The lowest BCUT2D eigenvalue weighted by Crippen LogP contribution is -2.42. The highest BCUT2D eigenvalue weighted by Gasteiger charge is 2.27.